The molecule has 0 atom stereocenters. The number of para-hydroxylation sites is 1. The van der Waals surface area contributed by atoms with Crippen molar-refractivity contribution in [2.24, 2.45) is 0 Å². The summed E-state index contributed by atoms with van der Waals surface area (Å²) in [4.78, 5) is 13.9. The van der Waals surface area contributed by atoms with E-state index in [0.29, 0.717) is 6.42 Å². The summed E-state index contributed by atoms with van der Waals surface area (Å²) in [5, 5.41) is 0. The topological polar surface area (TPSA) is 29.5 Å². The summed E-state index contributed by atoms with van der Waals surface area (Å²) >= 11 is 0. The quantitative estimate of drug-likeness (QED) is 0.615. The van der Waals surface area contributed by atoms with Crippen molar-refractivity contribution in [3.63, 3.8) is 0 Å². The molecule has 1 heterocycles. The number of fused-ring (bicyclic) bond motifs is 1. The van der Waals surface area contributed by atoms with Crippen molar-refractivity contribution < 1.29 is 9.53 Å². The monoisotopic (exact) mass is 259 g/mol. The number of aryl methyl sites for hydroxylation is 1. The van der Waals surface area contributed by atoms with Gasteiger partial charge in [-0.3, -0.25) is 0 Å². The molecule has 0 bridgehead atoms. The maximum Gasteiger partial charge on any atom is 0.333 e. The minimum Gasteiger partial charge on any atom is -0.466 e. The molecule has 2 rings (SSSR count). The number of ether oxygens (including phenoxy) is 1. The molecule has 3 heteroatoms. The number of rotatable bonds is 4. The first-order chi connectivity index (χ1) is 9.26. The Kier molecular flexibility index (Phi) is 4.61. The first-order valence-corrected chi connectivity index (χ1v) is 6.86. The molecule has 1 aliphatic rings. The third kappa shape index (κ3) is 3.16. The fourth-order valence-corrected chi connectivity index (χ4v) is 2.52. The summed E-state index contributed by atoms with van der Waals surface area (Å²) in [6.07, 6.45) is 5.02. The molecule has 0 aromatic heterocycles. The van der Waals surface area contributed by atoms with Gasteiger partial charge in [0.2, 0.25) is 0 Å². The maximum atomic E-state index is 11.6. The zero-order valence-electron chi connectivity index (χ0n) is 11.7. The molecule has 0 aliphatic carbocycles. The lowest BCUT2D eigenvalue weighted by molar-refractivity contribution is -0.136. The molecular weight excluding hydrogens is 238 g/mol. The number of hydrogen-bond donors (Lipinski definition) is 0. The van der Waals surface area contributed by atoms with Gasteiger partial charge < -0.3 is 9.64 Å². The van der Waals surface area contributed by atoms with E-state index in [0.717, 1.165) is 25.1 Å². The second kappa shape index (κ2) is 6.41. The molecule has 0 saturated heterocycles. The fraction of sp³-hybridized carbons (Fsp3) is 0.438. The Morgan fingerprint density at radius 2 is 2.21 bits per heavy atom. The number of carbonyl (C=O) groups is 1. The Labute approximate surface area is 114 Å². The number of carbonyl (C=O) groups excluding carboxylic acids is 1. The smallest absolute Gasteiger partial charge is 0.333 e. The Hall–Kier alpha value is -1.77. The zero-order chi connectivity index (χ0) is 13.7. The van der Waals surface area contributed by atoms with E-state index in [4.69, 9.17) is 4.74 Å². The first-order valence-electron chi connectivity index (χ1n) is 6.86. The van der Waals surface area contributed by atoms with Gasteiger partial charge in [-0.25, -0.2) is 4.79 Å². The lowest BCUT2D eigenvalue weighted by Gasteiger charge is -2.30. The lowest BCUT2D eigenvalue weighted by atomic mass is 10.0. The van der Waals surface area contributed by atoms with E-state index in [2.05, 4.69) is 29.2 Å². The number of hydrogen-bond acceptors (Lipinski definition) is 3. The molecule has 1 aliphatic heterocycles. The van der Waals surface area contributed by atoms with Gasteiger partial charge in [0.05, 0.1) is 7.11 Å². The molecule has 102 valence electrons. The largest absolute Gasteiger partial charge is 0.466 e. The molecule has 0 amide bonds. The average Bonchev–Trinajstić information content (AvgIpc) is 2.47. The van der Waals surface area contributed by atoms with Gasteiger partial charge >= 0.3 is 5.97 Å². The van der Waals surface area contributed by atoms with Crippen molar-refractivity contribution in [1.82, 2.24) is 0 Å². The van der Waals surface area contributed by atoms with Crippen molar-refractivity contribution in [1.29, 1.82) is 0 Å². The molecule has 0 spiro atoms. The second-order valence-corrected chi connectivity index (χ2v) is 4.75. The summed E-state index contributed by atoms with van der Waals surface area (Å²) in [6, 6.07) is 8.50. The van der Waals surface area contributed by atoms with E-state index in [1.54, 1.807) is 0 Å². The van der Waals surface area contributed by atoms with Crippen LogP contribution in [-0.4, -0.2) is 26.2 Å². The number of esters is 1. The summed E-state index contributed by atoms with van der Waals surface area (Å²) in [5.74, 6) is -0.215. The predicted octanol–water partition coefficient (Wildman–Crippen LogP) is 2.95. The summed E-state index contributed by atoms with van der Waals surface area (Å²) in [5.41, 5.74) is 3.45. The Morgan fingerprint density at radius 3 is 2.95 bits per heavy atom. The van der Waals surface area contributed by atoms with Crippen LogP contribution >= 0.6 is 0 Å². The van der Waals surface area contributed by atoms with E-state index in [1.165, 1.54) is 24.8 Å². The van der Waals surface area contributed by atoms with Crippen LogP contribution in [0.4, 0.5) is 5.69 Å². The number of methoxy groups -OCH3 is 1. The SMILES string of the molecule is CCC(=CCN1CCCc2ccccc21)C(=O)OC. The van der Waals surface area contributed by atoms with Gasteiger partial charge in [0, 0.05) is 24.4 Å². The Balaban J connectivity index is 2.12. The van der Waals surface area contributed by atoms with Crippen LogP contribution in [0.1, 0.15) is 25.3 Å². The molecule has 3 nitrogen and oxygen atoms in total. The van der Waals surface area contributed by atoms with Gasteiger partial charge in [-0.15, -0.1) is 0 Å². The molecule has 1 aromatic rings. The molecule has 0 saturated carbocycles. The van der Waals surface area contributed by atoms with Crippen LogP contribution in [0.15, 0.2) is 35.9 Å². The molecule has 1 aromatic carbocycles. The van der Waals surface area contributed by atoms with Crippen LogP contribution in [0, 0.1) is 0 Å². The maximum absolute atomic E-state index is 11.6. The third-order valence-electron chi connectivity index (χ3n) is 3.59. The normalized spacial score (nSPS) is 15.1. The minimum absolute atomic E-state index is 0.215. The number of anilines is 1. The van der Waals surface area contributed by atoms with E-state index < -0.39 is 0 Å². The Bertz CT molecular complexity index is 479. The standard InChI is InChI=1S/C16H21NO2/c1-3-13(16(18)19-2)10-12-17-11-6-8-14-7-4-5-9-15(14)17/h4-5,7,9-10H,3,6,8,11-12H2,1-2H3. The van der Waals surface area contributed by atoms with Crippen LogP contribution in [0.2, 0.25) is 0 Å². The van der Waals surface area contributed by atoms with E-state index in [9.17, 15) is 4.79 Å². The highest BCUT2D eigenvalue weighted by molar-refractivity contribution is 5.88. The minimum atomic E-state index is -0.215. The molecular formula is C16H21NO2. The van der Waals surface area contributed by atoms with Gasteiger partial charge in [-0.05, 0) is 30.9 Å². The van der Waals surface area contributed by atoms with Gasteiger partial charge in [-0.1, -0.05) is 31.2 Å². The third-order valence-corrected chi connectivity index (χ3v) is 3.59. The van der Waals surface area contributed by atoms with Crippen molar-refractivity contribution in [2.45, 2.75) is 26.2 Å². The predicted molar refractivity (Wildman–Crippen MR) is 77.4 cm³/mol. The highest BCUT2D eigenvalue weighted by Crippen LogP contribution is 2.26. The van der Waals surface area contributed by atoms with Crippen molar-refractivity contribution in [3.05, 3.63) is 41.5 Å². The highest BCUT2D eigenvalue weighted by Gasteiger charge is 2.15. The van der Waals surface area contributed by atoms with Crippen LogP contribution in [-0.2, 0) is 16.0 Å². The van der Waals surface area contributed by atoms with E-state index in [-0.39, 0.29) is 5.97 Å². The van der Waals surface area contributed by atoms with Crippen LogP contribution in [0.3, 0.4) is 0 Å². The Morgan fingerprint density at radius 1 is 1.42 bits per heavy atom. The van der Waals surface area contributed by atoms with Gasteiger partial charge in [0.1, 0.15) is 0 Å². The molecule has 0 N–H and O–H groups in total. The van der Waals surface area contributed by atoms with E-state index in [1.807, 2.05) is 13.0 Å². The number of nitrogens with zero attached hydrogens (tertiary/aromatic N) is 1. The van der Waals surface area contributed by atoms with E-state index >= 15 is 0 Å². The lowest BCUT2D eigenvalue weighted by Crippen LogP contribution is -2.29. The number of benzene rings is 1. The molecule has 0 unspecified atom stereocenters. The van der Waals surface area contributed by atoms with Crippen LogP contribution < -0.4 is 4.90 Å². The molecule has 19 heavy (non-hydrogen) atoms. The van der Waals surface area contributed by atoms with Crippen molar-refractivity contribution >= 4 is 11.7 Å². The highest BCUT2D eigenvalue weighted by atomic mass is 16.5. The van der Waals surface area contributed by atoms with Crippen LogP contribution in [0.5, 0.6) is 0 Å². The summed E-state index contributed by atoms with van der Waals surface area (Å²) in [6.45, 7) is 3.80. The molecule has 0 fully saturated rings. The average molecular weight is 259 g/mol. The van der Waals surface area contributed by atoms with Gasteiger partial charge in [-0.2, -0.15) is 0 Å². The van der Waals surface area contributed by atoms with Crippen molar-refractivity contribution in [2.75, 3.05) is 25.1 Å². The summed E-state index contributed by atoms with van der Waals surface area (Å²) in [7, 11) is 1.43. The van der Waals surface area contributed by atoms with Gasteiger partial charge in [0.15, 0.2) is 0 Å². The first kappa shape index (κ1) is 13.7. The fourth-order valence-electron chi connectivity index (χ4n) is 2.52. The van der Waals surface area contributed by atoms with Crippen LogP contribution in [0.25, 0.3) is 0 Å². The van der Waals surface area contributed by atoms with Crippen molar-refractivity contribution in [3.8, 4) is 0 Å². The second-order valence-electron chi connectivity index (χ2n) is 4.75. The van der Waals surface area contributed by atoms with Gasteiger partial charge in [0.25, 0.3) is 0 Å². The zero-order valence-corrected chi connectivity index (χ0v) is 11.7. The molecule has 0 radical (unpaired) electrons. The summed E-state index contributed by atoms with van der Waals surface area (Å²) < 4.78 is 4.79.